The zero-order chi connectivity index (χ0) is 23.0. The molecular formula is C23H22F6N2O. The number of piperidine rings is 1. The number of carbonyl (C=O) groups excluding carboxylic acids is 1. The molecule has 2 aromatic carbocycles. The summed E-state index contributed by atoms with van der Waals surface area (Å²) in [6.07, 6.45) is 2.40. The van der Waals surface area contributed by atoms with Crippen molar-refractivity contribution < 1.29 is 31.1 Å². The Balaban J connectivity index is 1.34. The first-order valence-corrected chi connectivity index (χ1v) is 10.5. The molecule has 2 heterocycles. The molecule has 0 saturated carbocycles. The van der Waals surface area contributed by atoms with Gasteiger partial charge in [-0.2, -0.15) is 0 Å². The van der Waals surface area contributed by atoms with E-state index in [0.717, 1.165) is 36.4 Å². The van der Waals surface area contributed by atoms with Gasteiger partial charge in [0.25, 0.3) is 5.91 Å². The number of halogens is 6. The summed E-state index contributed by atoms with van der Waals surface area (Å²) >= 11 is 0. The second kappa shape index (κ2) is 9.13. The zero-order valence-corrected chi connectivity index (χ0v) is 17.2. The van der Waals surface area contributed by atoms with Gasteiger partial charge in [0.05, 0.1) is 0 Å². The lowest BCUT2D eigenvalue weighted by Crippen LogP contribution is -2.38. The monoisotopic (exact) mass is 456 g/mol. The molecule has 2 saturated heterocycles. The summed E-state index contributed by atoms with van der Waals surface area (Å²) in [5.41, 5.74) is -0.298. The number of amides is 1. The Morgan fingerprint density at radius 1 is 0.781 bits per heavy atom. The zero-order valence-electron chi connectivity index (χ0n) is 17.2. The van der Waals surface area contributed by atoms with Gasteiger partial charge in [-0.15, -0.1) is 0 Å². The fraction of sp³-hybridized carbons (Fsp3) is 0.435. The van der Waals surface area contributed by atoms with Crippen LogP contribution in [-0.2, 0) is 0 Å². The first-order valence-electron chi connectivity index (χ1n) is 10.5. The van der Waals surface area contributed by atoms with E-state index in [1.54, 1.807) is 12.1 Å². The van der Waals surface area contributed by atoms with Crippen LogP contribution in [0.3, 0.4) is 0 Å². The second-order valence-corrected chi connectivity index (χ2v) is 8.48. The molecule has 2 aromatic rings. The molecule has 3 nitrogen and oxygen atoms in total. The highest BCUT2D eigenvalue weighted by atomic mass is 19.2. The Bertz CT molecular complexity index is 976. The summed E-state index contributed by atoms with van der Waals surface area (Å²) in [5.74, 6) is -11.8. The Morgan fingerprint density at radius 2 is 1.34 bits per heavy atom. The molecule has 0 spiro atoms. The molecule has 9 heteroatoms. The molecule has 1 atom stereocenters. The molecule has 0 aromatic heterocycles. The van der Waals surface area contributed by atoms with E-state index in [4.69, 9.17) is 0 Å². The summed E-state index contributed by atoms with van der Waals surface area (Å²) in [6, 6.07) is 6.51. The largest absolute Gasteiger partial charge is 0.338 e. The lowest BCUT2D eigenvalue weighted by molar-refractivity contribution is 0.0768. The number of rotatable bonds is 4. The van der Waals surface area contributed by atoms with Crippen molar-refractivity contribution in [2.75, 3.05) is 32.7 Å². The molecule has 172 valence electrons. The summed E-state index contributed by atoms with van der Waals surface area (Å²) in [4.78, 5) is 15.9. The number of hydrogen-bond acceptors (Lipinski definition) is 2. The second-order valence-electron chi connectivity index (χ2n) is 8.48. The smallest absolute Gasteiger partial charge is 0.260 e. The summed E-state index contributed by atoms with van der Waals surface area (Å²) < 4.78 is 81.2. The number of likely N-dealkylation sites (tertiary alicyclic amines) is 2. The summed E-state index contributed by atoms with van der Waals surface area (Å²) in [7, 11) is 0. The molecule has 0 N–H and O–H groups in total. The summed E-state index contributed by atoms with van der Waals surface area (Å²) in [6.45, 7) is 2.70. The molecule has 2 aliphatic heterocycles. The van der Waals surface area contributed by atoms with Crippen LogP contribution in [0.15, 0.2) is 24.3 Å². The highest BCUT2D eigenvalue weighted by molar-refractivity contribution is 5.95. The summed E-state index contributed by atoms with van der Waals surface area (Å²) in [5, 5.41) is 0. The van der Waals surface area contributed by atoms with Crippen LogP contribution in [0.25, 0.3) is 0 Å². The third kappa shape index (κ3) is 4.35. The minimum Gasteiger partial charge on any atom is -0.338 e. The van der Waals surface area contributed by atoms with Crippen molar-refractivity contribution in [2.45, 2.75) is 25.2 Å². The van der Waals surface area contributed by atoms with Gasteiger partial charge in [0, 0.05) is 19.6 Å². The highest BCUT2D eigenvalue weighted by Crippen LogP contribution is 2.30. The van der Waals surface area contributed by atoms with Gasteiger partial charge in [-0.1, -0.05) is 12.1 Å². The number of carbonyl (C=O) groups is 1. The topological polar surface area (TPSA) is 23.6 Å². The number of hydrogen-bond donors (Lipinski definition) is 0. The maximum absolute atomic E-state index is 14.0. The first kappa shape index (κ1) is 22.6. The van der Waals surface area contributed by atoms with Crippen LogP contribution in [0.5, 0.6) is 0 Å². The third-order valence-corrected chi connectivity index (χ3v) is 6.44. The van der Waals surface area contributed by atoms with Crippen molar-refractivity contribution in [1.29, 1.82) is 0 Å². The lowest BCUT2D eigenvalue weighted by atomic mass is 9.89. The van der Waals surface area contributed by atoms with E-state index in [1.807, 2.05) is 0 Å². The molecule has 1 amide bonds. The van der Waals surface area contributed by atoms with Gasteiger partial charge in [0.2, 0.25) is 5.82 Å². The molecule has 2 fully saturated rings. The van der Waals surface area contributed by atoms with Gasteiger partial charge in [0.1, 0.15) is 11.4 Å². The molecule has 1 unspecified atom stereocenters. The van der Waals surface area contributed by atoms with E-state index in [1.165, 1.54) is 12.1 Å². The standard InChI is InChI=1S/C23H22F6N2O/c24-16-3-1-14(2-4-16)15-6-8-30(9-7-15)11-13-5-10-31(12-13)23(32)17-18(25)20(27)22(29)21(28)19(17)26/h1-4,13,15H,5-12H2. The minimum atomic E-state index is -2.28. The Morgan fingerprint density at radius 3 is 1.94 bits per heavy atom. The van der Waals surface area contributed by atoms with Gasteiger partial charge < -0.3 is 9.80 Å². The van der Waals surface area contributed by atoms with Crippen molar-refractivity contribution >= 4 is 5.91 Å². The van der Waals surface area contributed by atoms with Crippen molar-refractivity contribution in [2.24, 2.45) is 5.92 Å². The number of benzene rings is 2. The SMILES string of the molecule is O=C(c1c(F)c(F)c(F)c(F)c1F)N1CCC(CN2CCC(c3ccc(F)cc3)CC2)C1. The fourth-order valence-electron chi connectivity index (χ4n) is 4.67. The van der Waals surface area contributed by atoms with Crippen molar-refractivity contribution in [3.05, 3.63) is 70.3 Å². The van der Waals surface area contributed by atoms with E-state index in [9.17, 15) is 31.1 Å². The van der Waals surface area contributed by atoms with Gasteiger partial charge in [-0.25, -0.2) is 26.3 Å². The molecule has 32 heavy (non-hydrogen) atoms. The van der Waals surface area contributed by atoms with Crippen molar-refractivity contribution in [3.63, 3.8) is 0 Å². The molecule has 4 rings (SSSR count). The van der Waals surface area contributed by atoms with E-state index < -0.39 is 40.6 Å². The molecule has 0 bridgehead atoms. The normalized spacial score (nSPS) is 20.2. The van der Waals surface area contributed by atoms with Crippen LogP contribution in [-0.4, -0.2) is 48.4 Å². The quantitative estimate of drug-likeness (QED) is 0.373. The van der Waals surface area contributed by atoms with E-state index in [2.05, 4.69) is 4.90 Å². The predicted octanol–water partition coefficient (Wildman–Crippen LogP) is 4.86. The van der Waals surface area contributed by atoms with Gasteiger partial charge >= 0.3 is 0 Å². The van der Waals surface area contributed by atoms with Crippen molar-refractivity contribution in [3.8, 4) is 0 Å². The third-order valence-electron chi connectivity index (χ3n) is 6.44. The lowest BCUT2D eigenvalue weighted by Gasteiger charge is -2.33. The van der Waals surface area contributed by atoms with Crippen LogP contribution >= 0.6 is 0 Å². The molecule has 0 radical (unpaired) electrons. The van der Waals surface area contributed by atoms with Crippen molar-refractivity contribution in [1.82, 2.24) is 9.80 Å². The Kier molecular flexibility index (Phi) is 6.46. The van der Waals surface area contributed by atoms with Gasteiger partial charge in [-0.3, -0.25) is 4.79 Å². The van der Waals surface area contributed by atoms with E-state index >= 15 is 0 Å². The van der Waals surface area contributed by atoms with Gasteiger partial charge in [0.15, 0.2) is 23.3 Å². The highest BCUT2D eigenvalue weighted by Gasteiger charge is 2.35. The van der Waals surface area contributed by atoms with Crippen LogP contribution in [0.2, 0.25) is 0 Å². The average molecular weight is 456 g/mol. The number of nitrogens with zero attached hydrogens (tertiary/aromatic N) is 2. The minimum absolute atomic E-state index is 0.0441. The Labute approximate surface area is 181 Å². The maximum Gasteiger partial charge on any atom is 0.260 e. The van der Waals surface area contributed by atoms with Gasteiger partial charge in [-0.05, 0) is 61.9 Å². The van der Waals surface area contributed by atoms with E-state index in [-0.39, 0.29) is 24.8 Å². The average Bonchev–Trinajstić information content (AvgIpc) is 3.26. The molecule has 0 aliphatic carbocycles. The maximum atomic E-state index is 14.0. The predicted molar refractivity (Wildman–Crippen MR) is 105 cm³/mol. The van der Waals surface area contributed by atoms with E-state index in [0.29, 0.717) is 18.9 Å². The van der Waals surface area contributed by atoms with Crippen LogP contribution in [0, 0.1) is 40.8 Å². The molecule has 2 aliphatic rings. The van der Waals surface area contributed by atoms with Crippen LogP contribution in [0.1, 0.15) is 41.1 Å². The Hall–Kier alpha value is -2.55. The fourth-order valence-corrected chi connectivity index (χ4v) is 4.67. The molecular weight excluding hydrogens is 434 g/mol. The van der Waals surface area contributed by atoms with Crippen LogP contribution in [0.4, 0.5) is 26.3 Å². The van der Waals surface area contributed by atoms with Crippen LogP contribution < -0.4 is 0 Å². The first-order chi connectivity index (χ1) is 15.3.